The van der Waals surface area contributed by atoms with Gasteiger partial charge < -0.3 is 47.7 Å². The molecule has 9 atom stereocenters. The predicted octanol–water partition coefficient (Wildman–Crippen LogP) is 0.404. The lowest BCUT2D eigenvalue weighted by Gasteiger charge is -2.46. The summed E-state index contributed by atoms with van der Waals surface area (Å²) in [6.07, 6.45) is -11.6. The van der Waals surface area contributed by atoms with E-state index in [4.69, 9.17) is 42.6 Å². The van der Waals surface area contributed by atoms with Crippen molar-refractivity contribution in [2.45, 2.75) is 89.6 Å². The van der Waals surface area contributed by atoms with E-state index in [0.29, 0.717) is 0 Å². The molecule has 1 aromatic rings. The van der Waals surface area contributed by atoms with Crippen molar-refractivity contribution in [3.8, 4) is 0 Å². The first-order valence-electron chi connectivity index (χ1n) is 12.9. The Kier molecular flexibility index (Phi) is 12.0. The first kappa shape index (κ1) is 32.4. The zero-order chi connectivity index (χ0) is 30.1. The molecule has 0 aromatic heterocycles. The van der Waals surface area contributed by atoms with Crippen LogP contribution >= 0.6 is 0 Å². The van der Waals surface area contributed by atoms with E-state index < -0.39 is 79.2 Å². The van der Waals surface area contributed by atoms with E-state index in [1.807, 2.05) is 30.3 Å². The zero-order valence-electron chi connectivity index (χ0n) is 23.5. The molecule has 0 saturated carbocycles. The van der Waals surface area contributed by atoms with Gasteiger partial charge in [0.15, 0.2) is 37.0 Å². The molecule has 3 rings (SSSR count). The van der Waals surface area contributed by atoms with Crippen LogP contribution in [0.1, 0.15) is 33.3 Å². The topological polar surface area (TPSA) is 172 Å². The Hall–Kier alpha value is -3.14. The number of methoxy groups -OCH3 is 1. The van der Waals surface area contributed by atoms with Crippen LogP contribution in [0.5, 0.6) is 0 Å². The van der Waals surface area contributed by atoms with Crippen molar-refractivity contribution >= 4 is 23.9 Å². The van der Waals surface area contributed by atoms with Gasteiger partial charge in [0.05, 0.1) is 19.8 Å². The molecule has 1 N–H and O–H groups in total. The molecule has 0 radical (unpaired) electrons. The Labute approximate surface area is 237 Å². The van der Waals surface area contributed by atoms with Gasteiger partial charge in [-0.05, 0) is 5.56 Å². The number of aliphatic hydroxyl groups is 1. The molecule has 2 fully saturated rings. The Morgan fingerprint density at radius 2 is 1.37 bits per heavy atom. The third-order valence-corrected chi connectivity index (χ3v) is 6.14. The molecule has 2 aliphatic heterocycles. The average Bonchev–Trinajstić information content (AvgIpc) is 2.90. The number of hydrogen-bond acceptors (Lipinski definition) is 14. The number of carbonyl (C=O) groups excluding carboxylic acids is 4. The number of ether oxygens (including phenoxy) is 9. The summed E-state index contributed by atoms with van der Waals surface area (Å²) in [5.41, 5.74) is 0.867. The lowest BCUT2D eigenvalue weighted by molar-refractivity contribution is -0.345. The molecule has 1 aromatic carbocycles. The van der Waals surface area contributed by atoms with Gasteiger partial charge in [-0.1, -0.05) is 30.3 Å². The Morgan fingerprint density at radius 1 is 0.805 bits per heavy atom. The molecular weight excluding hydrogens is 548 g/mol. The van der Waals surface area contributed by atoms with Crippen LogP contribution in [0.15, 0.2) is 30.3 Å². The number of esters is 4. The van der Waals surface area contributed by atoms with Crippen LogP contribution in [0.2, 0.25) is 0 Å². The van der Waals surface area contributed by atoms with Gasteiger partial charge in [0.25, 0.3) is 0 Å². The first-order chi connectivity index (χ1) is 19.5. The molecule has 2 heterocycles. The highest BCUT2D eigenvalue weighted by Crippen LogP contribution is 2.32. The van der Waals surface area contributed by atoms with Crippen LogP contribution in [-0.4, -0.2) is 105 Å². The molecule has 0 spiro atoms. The molecule has 228 valence electrons. The van der Waals surface area contributed by atoms with Gasteiger partial charge in [-0.2, -0.15) is 0 Å². The average molecular weight is 585 g/mol. The maximum absolute atomic E-state index is 12.0. The summed E-state index contributed by atoms with van der Waals surface area (Å²) >= 11 is 0. The fourth-order valence-electron chi connectivity index (χ4n) is 4.55. The maximum atomic E-state index is 12.0. The SMILES string of the molecule is CO[C@@H]1OC[C@@H](O[C@H]2O[C@H](COCc3ccccc3)[C@@H](OC(C)=O)[C@H](O)[C@@H]2OC(C)=O)[C@H](OC(C)=O)[C@H]1OC(C)=O. The predicted molar refractivity (Wildman–Crippen MR) is 135 cm³/mol. The molecule has 2 aliphatic rings. The van der Waals surface area contributed by atoms with Gasteiger partial charge in [0, 0.05) is 34.8 Å². The van der Waals surface area contributed by atoms with E-state index in [1.54, 1.807) is 0 Å². The number of rotatable bonds is 11. The number of benzene rings is 1. The minimum absolute atomic E-state index is 0.146. The Morgan fingerprint density at radius 3 is 1.95 bits per heavy atom. The van der Waals surface area contributed by atoms with Crippen LogP contribution in [0.3, 0.4) is 0 Å². The smallest absolute Gasteiger partial charge is 0.303 e. The van der Waals surface area contributed by atoms with Crippen molar-refractivity contribution in [1.82, 2.24) is 0 Å². The molecule has 14 heteroatoms. The molecule has 0 amide bonds. The standard InChI is InChI=1S/C27H36O14/c1-14(28)36-22-19(12-34-11-18-9-7-6-8-10-18)40-27(24(21(22)32)38-16(3)30)41-20-13-35-26(33-5)25(39-17(4)31)23(20)37-15(2)29/h6-10,19-27,32H,11-13H2,1-5H3/t19-,20-,21+,22-,23+,24+,25-,26-,27-/m1/s1. The Bertz CT molecular complexity index is 1030. The van der Waals surface area contributed by atoms with E-state index in [9.17, 15) is 24.3 Å². The third-order valence-electron chi connectivity index (χ3n) is 6.14. The van der Waals surface area contributed by atoms with Gasteiger partial charge >= 0.3 is 23.9 Å². The number of hydrogen-bond donors (Lipinski definition) is 1. The van der Waals surface area contributed by atoms with Crippen molar-refractivity contribution in [1.29, 1.82) is 0 Å². The highest BCUT2D eigenvalue weighted by Gasteiger charge is 2.53. The minimum Gasteiger partial charge on any atom is -0.457 e. The molecule has 0 unspecified atom stereocenters. The lowest BCUT2D eigenvalue weighted by atomic mass is 9.98. The highest BCUT2D eigenvalue weighted by atomic mass is 16.8. The quantitative estimate of drug-likeness (QED) is 0.280. The monoisotopic (exact) mass is 584 g/mol. The molecule has 0 aliphatic carbocycles. The summed E-state index contributed by atoms with van der Waals surface area (Å²) < 4.78 is 50.2. The second-order valence-corrected chi connectivity index (χ2v) is 9.44. The summed E-state index contributed by atoms with van der Waals surface area (Å²) in [6.45, 7) is 4.41. The summed E-state index contributed by atoms with van der Waals surface area (Å²) in [6, 6.07) is 9.26. The van der Waals surface area contributed by atoms with E-state index in [0.717, 1.165) is 33.3 Å². The molecule has 41 heavy (non-hydrogen) atoms. The lowest BCUT2D eigenvalue weighted by Crippen LogP contribution is -2.64. The van der Waals surface area contributed by atoms with Gasteiger partial charge in [0.1, 0.15) is 18.3 Å². The first-order valence-corrected chi connectivity index (χ1v) is 12.9. The van der Waals surface area contributed by atoms with Crippen LogP contribution < -0.4 is 0 Å². The van der Waals surface area contributed by atoms with Crippen molar-refractivity contribution in [2.24, 2.45) is 0 Å². The van der Waals surface area contributed by atoms with Crippen molar-refractivity contribution in [3.05, 3.63) is 35.9 Å². The Balaban J connectivity index is 1.87. The summed E-state index contributed by atoms with van der Waals surface area (Å²) in [7, 11) is 1.32. The second-order valence-electron chi connectivity index (χ2n) is 9.44. The van der Waals surface area contributed by atoms with Crippen LogP contribution in [0, 0.1) is 0 Å². The van der Waals surface area contributed by atoms with E-state index >= 15 is 0 Å². The summed E-state index contributed by atoms with van der Waals surface area (Å²) in [5.74, 6) is -2.89. The van der Waals surface area contributed by atoms with Gasteiger partial charge in [-0.15, -0.1) is 0 Å². The van der Waals surface area contributed by atoms with Crippen molar-refractivity contribution in [2.75, 3.05) is 20.3 Å². The van der Waals surface area contributed by atoms with E-state index in [-0.39, 0.29) is 19.8 Å². The zero-order valence-corrected chi connectivity index (χ0v) is 23.5. The minimum atomic E-state index is -1.60. The normalized spacial score (nSPS) is 31.5. The van der Waals surface area contributed by atoms with Crippen LogP contribution in [0.4, 0.5) is 0 Å². The van der Waals surface area contributed by atoms with E-state index in [1.165, 1.54) is 7.11 Å². The summed E-state index contributed by atoms with van der Waals surface area (Å²) in [4.78, 5) is 47.6. The van der Waals surface area contributed by atoms with Gasteiger partial charge in [-0.25, -0.2) is 0 Å². The second kappa shape index (κ2) is 15.2. The van der Waals surface area contributed by atoms with Crippen molar-refractivity contribution in [3.63, 3.8) is 0 Å². The molecule has 0 bridgehead atoms. The fourth-order valence-corrected chi connectivity index (χ4v) is 4.55. The maximum Gasteiger partial charge on any atom is 0.303 e. The van der Waals surface area contributed by atoms with E-state index in [2.05, 4.69) is 0 Å². The van der Waals surface area contributed by atoms with Crippen molar-refractivity contribution < 1.29 is 66.9 Å². The number of aliphatic hydroxyl groups excluding tert-OH is 1. The largest absolute Gasteiger partial charge is 0.457 e. The summed E-state index contributed by atoms with van der Waals surface area (Å²) in [5, 5.41) is 11.2. The third kappa shape index (κ3) is 9.18. The van der Waals surface area contributed by atoms with Crippen LogP contribution in [0.25, 0.3) is 0 Å². The van der Waals surface area contributed by atoms with Crippen LogP contribution in [-0.2, 0) is 68.4 Å². The van der Waals surface area contributed by atoms with Gasteiger partial charge in [0.2, 0.25) is 0 Å². The fraction of sp³-hybridized carbons (Fsp3) is 0.630. The van der Waals surface area contributed by atoms with Gasteiger partial charge in [-0.3, -0.25) is 19.2 Å². The highest BCUT2D eigenvalue weighted by molar-refractivity contribution is 5.68. The molecule has 2 saturated heterocycles. The molecular formula is C27H36O14. The molecule has 14 nitrogen and oxygen atoms in total. The number of carbonyl (C=O) groups is 4.